The molecule has 0 aromatic heterocycles. The van der Waals surface area contributed by atoms with Gasteiger partial charge in [0.2, 0.25) is 0 Å². The van der Waals surface area contributed by atoms with Gasteiger partial charge in [-0.2, -0.15) is 0 Å². The van der Waals surface area contributed by atoms with Crippen LogP contribution < -0.4 is 4.74 Å². The van der Waals surface area contributed by atoms with Crippen molar-refractivity contribution in [3.63, 3.8) is 0 Å². The van der Waals surface area contributed by atoms with Gasteiger partial charge in [-0.15, -0.1) is 0 Å². The lowest BCUT2D eigenvalue weighted by Gasteiger charge is -2.31. The number of rotatable bonds is 13. The maximum absolute atomic E-state index is 5.92. The maximum atomic E-state index is 5.92. The SMILES string of the molecule is CCC(Cc1ccccc1)N(Cc1ccccc1)Cc1ccc(OCCCN(C)C)cc1. The van der Waals surface area contributed by atoms with Gasteiger partial charge in [-0.25, -0.2) is 0 Å². The number of nitrogens with zero attached hydrogens (tertiary/aromatic N) is 2. The molecule has 0 aliphatic rings. The molecule has 0 amide bonds. The zero-order chi connectivity index (χ0) is 22.6. The van der Waals surface area contributed by atoms with Gasteiger partial charge in [0.05, 0.1) is 6.61 Å². The molecule has 3 heteroatoms. The average molecular weight is 431 g/mol. The van der Waals surface area contributed by atoms with Crippen molar-refractivity contribution in [2.75, 3.05) is 27.2 Å². The van der Waals surface area contributed by atoms with Crippen LogP contribution in [0.25, 0.3) is 0 Å². The van der Waals surface area contributed by atoms with E-state index < -0.39 is 0 Å². The van der Waals surface area contributed by atoms with Gasteiger partial charge in [0.15, 0.2) is 0 Å². The first-order valence-corrected chi connectivity index (χ1v) is 11.8. The predicted molar refractivity (Wildman–Crippen MR) is 135 cm³/mol. The van der Waals surface area contributed by atoms with Gasteiger partial charge in [-0.3, -0.25) is 4.90 Å². The topological polar surface area (TPSA) is 15.7 Å². The van der Waals surface area contributed by atoms with Crippen molar-refractivity contribution in [3.8, 4) is 5.75 Å². The van der Waals surface area contributed by atoms with E-state index in [0.29, 0.717) is 6.04 Å². The summed E-state index contributed by atoms with van der Waals surface area (Å²) in [5, 5.41) is 0. The lowest BCUT2D eigenvalue weighted by Crippen LogP contribution is -2.35. The minimum absolute atomic E-state index is 0.486. The number of benzene rings is 3. The second-order valence-electron chi connectivity index (χ2n) is 8.79. The molecule has 0 bridgehead atoms. The van der Waals surface area contributed by atoms with Crippen molar-refractivity contribution >= 4 is 0 Å². The van der Waals surface area contributed by atoms with Crippen LogP contribution in [-0.2, 0) is 19.5 Å². The Morgan fingerprint density at radius 1 is 0.719 bits per heavy atom. The summed E-state index contributed by atoms with van der Waals surface area (Å²) in [6.45, 7) is 5.99. The molecule has 3 aromatic rings. The monoisotopic (exact) mass is 430 g/mol. The molecule has 3 aromatic carbocycles. The van der Waals surface area contributed by atoms with E-state index in [1.54, 1.807) is 0 Å². The van der Waals surface area contributed by atoms with Crippen LogP contribution in [0.5, 0.6) is 5.75 Å². The summed E-state index contributed by atoms with van der Waals surface area (Å²) in [5.74, 6) is 0.957. The van der Waals surface area contributed by atoms with Crippen LogP contribution in [0.15, 0.2) is 84.9 Å². The van der Waals surface area contributed by atoms with Gasteiger partial charge in [0, 0.05) is 25.7 Å². The first-order valence-electron chi connectivity index (χ1n) is 11.8. The largest absolute Gasteiger partial charge is 0.494 e. The van der Waals surface area contributed by atoms with E-state index in [2.05, 4.69) is 116 Å². The van der Waals surface area contributed by atoms with Crippen LogP contribution in [0.3, 0.4) is 0 Å². The van der Waals surface area contributed by atoms with Crippen molar-refractivity contribution in [2.45, 2.75) is 45.3 Å². The lowest BCUT2D eigenvalue weighted by atomic mass is 10.0. The van der Waals surface area contributed by atoms with E-state index in [1.807, 2.05) is 0 Å². The Morgan fingerprint density at radius 3 is 1.84 bits per heavy atom. The van der Waals surface area contributed by atoms with Crippen molar-refractivity contribution in [1.29, 1.82) is 0 Å². The summed E-state index contributed by atoms with van der Waals surface area (Å²) < 4.78 is 5.92. The van der Waals surface area contributed by atoms with Crippen molar-refractivity contribution < 1.29 is 4.74 Å². The van der Waals surface area contributed by atoms with Crippen LogP contribution in [-0.4, -0.2) is 43.1 Å². The molecule has 3 nitrogen and oxygen atoms in total. The minimum Gasteiger partial charge on any atom is -0.494 e. The molecule has 0 fully saturated rings. The molecule has 0 heterocycles. The Bertz CT molecular complexity index is 878. The van der Waals surface area contributed by atoms with Gasteiger partial charge in [0.25, 0.3) is 0 Å². The highest BCUT2D eigenvalue weighted by Crippen LogP contribution is 2.20. The number of hydrogen-bond donors (Lipinski definition) is 0. The summed E-state index contributed by atoms with van der Waals surface area (Å²) >= 11 is 0. The smallest absolute Gasteiger partial charge is 0.119 e. The third-order valence-electron chi connectivity index (χ3n) is 5.86. The highest BCUT2D eigenvalue weighted by Gasteiger charge is 2.18. The van der Waals surface area contributed by atoms with Gasteiger partial charge in [0.1, 0.15) is 5.75 Å². The molecule has 170 valence electrons. The van der Waals surface area contributed by atoms with E-state index in [0.717, 1.165) is 51.3 Å². The van der Waals surface area contributed by atoms with Crippen LogP contribution in [0.2, 0.25) is 0 Å². The van der Waals surface area contributed by atoms with Gasteiger partial charge in [-0.05, 0) is 62.2 Å². The summed E-state index contributed by atoms with van der Waals surface area (Å²) in [4.78, 5) is 4.81. The number of ether oxygens (including phenoxy) is 1. The first-order chi connectivity index (χ1) is 15.6. The molecule has 1 unspecified atom stereocenters. The lowest BCUT2D eigenvalue weighted by molar-refractivity contribution is 0.171. The highest BCUT2D eigenvalue weighted by atomic mass is 16.5. The minimum atomic E-state index is 0.486. The second-order valence-corrected chi connectivity index (χ2v) is 8.79. The van der Waals surface area contributed by atoms with Gasteiger partial charge < -0.3 is 9.64 Å². The summed E-state index contributed by atoms with van der Waals surface area (Å²) in [7, 11) is 4.19. The third-order valence-corrected chi connectivity index (χ3v) is 5.86. The fourth-order valence-electron chi connectivity index (χ4n) is 4.05. The van der Waals surface area contributed by atoms with Crippen LogP contribution in [0, 0.1) is 0 Å². The molecule has 32 heavy (non-hydrogen) atoms. The summed E-state index contributed by atoms with van der Waals surface area (Å²) in [5.41, 5.74) is 4.09. The molecule has 0 aliphatic heterocycles. The maximum Gasteiger partial charge on any atom is 0.119 e. The van der Waals surface area contributed by atoms with E-state index in [-0.39, 0.29) is 0 Å². The van der Waals surface area contributed by atoms with Gasteiger partial charge >= 0.3 is 0 Å². The van der Waals surface area contributed by atoms with Crippen LogP contribution >= 0.6 is 0 Å². The zero-order valence-electron chi connectivity index (χ0n) is 19.9. The molecule has 0 aliphatic carbocycles. The molecular formula is C29H38N2O. The van der Waals surface area contributed by atoms with Crippen molar-refractivity contribution in [2.24, 2.45) is 0 Å². The normalized spacial score (nSPS) is 12.3. The van der Waals surface area contributed by atoms with Crippen LogP contribution in [0.1, 0.15) is 36.5 Å². The molecule has 0 spiro atoms. The molecule has 0 saturated heterocycles. The Morgan fingerprint density at radius 2 is 1.28 bits per heavy atom. The van der Waals surface area contributed by atoms with Crippen molar-refractivity contribution in [1.82, 2.24) is 9.80 Å². The molecule has 0 N–H and O–H groups in total. The summed E-state index contributed by atoms with van der Waals surface area (Å²) in [6.07, 6.45) is 3.23. The standard InChI is InChI=1S/C29H38N2O/c1-4-28(22-25-12-7-5-8-13-25)31(23-26-14-9-6-10-15-26)24-27-16-18-29(19-17-27)32-21-11-20-30(2)3/h5-10,12-19,28H,4,11,20-24H2,1-3H3. The molecule has 3 rings (SSSR count). The van der Waals surface area contributed by atoms with Crippen molar-refractivity contribution in [3.05, 3.63) is 102 Å². The quantitative estimate of drug-likeness (QED) is 0.307. The first kappa shape index (κ1) is 24.0. The van der Waals surface area contributed by atoms with Crippen LogP contribution in [0.4, 0.5) is 0 Å². The Labute approximate surface area is 194 Å². The predicted octanol–water partition coefficient (Wildman–Crippen LogP) is 6.04. The van der Waals surface area contributed by atoms with E-state index in [4.69, 9.17) is 4.74 Å². The molecule has 0 saturated carbocycles. The molecule has 0 radical (unpaired) electrons. The zero-order valence-corrected chi connectivity index (χ0v) is 19.9. The Kier molecular flexibility index (Phi) is 9.80. The fourth-order valence-corrected chi connectivity index (χ4v) is 4.05. The third kappa shape index (κ3) is 8.14. The molecular weight excluding hydrogens is 392 g/mol. The van der Waals surface area contributed by atoms with E-state index >= 15 is 0 Å². The highest BCUT2D eigenvalue weighted by molar-refractivity contribution is 5.27. The second kappa shape index (κ2) is 13.0. The van der Waals surface area contributed by atoms with E-state index in [1.165, 1.54) is 16.7 Å². The Hall–Kier alpha value is -2.62. The Balaban J connectivity index is 1.67. The molecule has 1 atom stereocenters. The number of hydrogen-bond acceptors (Lipinski definition) is 3. The summed E-state index contributed by atoms with van der Waals surface area (Å²) in [6, 6.07) is 30.8. The van der Waals surface area contributed by atoms with E-state index in [9.17, 15) is 0 Å². The average Bonchev–Trinajstić information content (AvgIpc) is 2.82. The van der Waals surface area contributed by atoms with Gasteiger partial charge in [-0.1, -0.05) is 79.7 Å². The fraction of sp³-hybridized carbons (Fsp3) is 0.379.